The van der Waals surface area contributed by atoms with Gasteiger partial charge >= 0.3 is 0 Å². The van der Waals surface area contributed by atoms with Crippen LogP contribution in [0.25, 0.3) is 0 Å². The quantitative estimate of drug-likeness (QED) is 0.374. The van der Waals surface area contributed by atoms with Gasteiger partial charge in [0, 0.05) is 56.7 Å². The van der Waals surface area contributed by atoms with Gasteiger partial charge in [-0.05, 0) is 18.6 Å². The summed E-state index contributed by atoms with van der Waals surface area (Å²) < 4.78 is 15.9. The van der Waals surface area contributed by atoms with E-state index in [1.165, 1.54) is 0 Å². The Bertz CT molecular complexity index is 831. The molecule has 1 saturated heterocycles. The molecular formula is C21H29N4O3S+. The van der Waals surface area contributed by atoms with Gasteiger partial charge in [-0.1, -0.05) is 6.07 Å². The van der Waals surface area contributed by atoms with Crippen molar-refractivity contribution in [1.29, 1.82) is 0 Å². The minimum absolute atomic E-state index is 0.0364. The SMILES string of the molecule is CC(=O)N1CCC(NC2CCOC2)=C(C(N)=Nc2cccc([S+](O)C3CC3)c2)C1. The maximum absolute atomic E-state index is 11.9. The van der Waals surface area contributed by atoms with Gasteiger partial charge in [-0.2, -0.15) is 4.55 Å². The second kappa shape index (κ2) is 8.77. The Morgan fingerprint density at radius 1 is 1.38 bits per heavy atom. The van der Waals surface area contributed by atoms with Crippen LogP contribution in [-0.2, 0) is 20.7 Å². The van der Waals surface area contributed by atoms with Crippen molar-refractivity contribution >= 4 is 28.6 Å². The van der Waals surface area contributed by atoms with E-state index >= 15 is 0 Å². The molecule has 4 rings (SSSR count). The Morgan fingerprint density at radius 2 is 2.21 bits per heavy atom. The summed E-state index contributed by atoms with van der Waals surface area (Å²) in [4.78, 5) is 19.3. The van der Waals surface area contributed by atoms with E-state index < -0.39 is 11.2 Å². The lowest BCUT2D eigenvalue weighted by molar-refractivity contribution is -0.128. The van der Waals surface area contributed by atoms with Gasteiger partial charge in [-0.15, -0.1) is 0 Å². The van der Waals surface area contributed by atoms with E-state index in [1.807, 2.05) is 24.3 Å². The smallest absolute Gasteiger partial charge is 0.219 e. The first-order chi connectivity index (χ1) is 14.0. The first-order valence-electron chi connectivity index (χ1n) is 10.2. The van der Waals surface area contributed by atoms with Gasteiger partial charge in [0.25, 0.3) is 0 Å². The summed E-state index contributed by atoms with van der Waals surface area (Å²) in [5.74, 6) is 0.452. The van der Waals surface area contributed by atoms with Crippen molar-refractivity contribution in [3.05, 3.63) is 35.5 Å². The monoisotopic (exact) mass is 417 g/mol. The van der Waals surface area contributed by atoms with Crippen molar-refractivity contribution in [2.75, 3.05) is 26.3 Å². The number of ether oxygens (including phenoxy) is 1. The maximum atomic E-state index is 11.9. The van der Waals surface area contributed by atoms with Gasteiger partial charge in [0.05, 0.1) is 24.9 Å². The van der Waals surface area contributed by atoms with Crippen LogP contribution in [0.3, 0.4) is 0 Å². The summed E-state index contributed by atoms with van der Waals surface area (Å²) in [7, 11) is 0. The molecule has 156 valence electrons. The Kier molecular flexibility index (Phi) is 6.12. The van der Waals surface area contributed by atoms with Crippen LogP contribution in [0, 0.1) is 0 Å². The summed E-state index contributed by atoms with van der Waals surface area (Å²) >= 11 is -0.727. The molecule has 0 aromatic heterocycles. The van der Waals surface area contributed by atoms with Gasteiger partial charge in [-0.3, -0.25) is 4.79 Å². The topological polar surface area (TPSA) is 100 Å². The molecule has 1 aromatic rings. The number of nitrogens with two attached hydrogens (primary N) is 1. The third-order valence-electron chi connectivity index (χ3n) is 5.56. The largest absolute Gasteiger partial charge is 0.383 e. The Balaban J connectivity index is 1.59. The predicted octanol–water partition coefficient (Wildman–Crippen LogP) is 2.17. The number of nitrogens with zero attached hydrogens (tertiary/aromatic N) is 2. The zero-order valence-electron chi connectivity index (χ0n) is 16.8. The van der Waals surface area contributed by atoms with E-state index in [0.717, 1.165) is 54.1 Å². The summed E-state index contributed by atoms with van der Waals surface area (Å²) in [6.07, 6.45) is 3.86. The van der Waals surface area contributed by atoms with Crippen molar-refractivity contribution in [3.63, 3.8) is 0 Å². The molecule has 4 N–H and O–H groups in total. The Hall–Kier alpha value is -2.03. The highest BCUT2D eigenvalue weighted by Crippen LogP contribution is 2.34. The van der Waals surface area contributed by atoms with E-state index in [2.05, 4.69) is 10.3 Å². The number of carbonyl (C=O) groups excluding carboxylic acids is 1. The summed E-state index contributed by atoms with van der Waals surface area (Å²) in [5.41, 5.74) is 9.07. The number of carbonyl (C=O) groups is 1. The standard InChI is InChI=1S/C21H29N4O3S/c1-14(26)25-9-7-20(23-16-8-10-28-13-16)19(12-25)21(22)24-15-3-2-4-18(11-15)29(27)17-5-6-17/h2-4,11,16-17,23,27H,5-10,12-13H2,1H3,(H2,22,24)/q+1. The first kappa shape index (κ1) is 20.3. The second-order valence-corrected chi connectivity index (χ2v) is 9.63. The first-order valence-corrected chi connectivity index (χ1v) is 11.4. The molecule has 2 aliphatic heterocycles. The van der Waals surface area contributed by atoms with Crippen LogP contribution in [0.4, 0.5) is 5.69 Å². The van der Waals surface area contributed by atoms with Gasteiger partial charge in [0.1, 0.15) is 5.84 Å². The van der Waals surface area contributed by atoms with Crippen molar-refractivity contribution in [2.45, 2.75) is 48.8 Å². The molecule has 1 aromatic carbocycles. The van der Waals surface area contributed by atoms with E-state index in [0.29, 0.717) is 30.8 Å². The minimum Gasteiger partial charge on any atom is -0.383 e. The molecule has 29 heavy (non-hydrogen) atoms. The fourth-order valence-electron chi connectivity index (χ4n) is 3.69. The summed E-state index contributed by atoms with van der Waals surface area (Å²) in [6, 6.07) is 7.94. The molecule has 8 heteroatoms. The zero-order chi connectivity index (χ0) is 20.4. The third kappa shape index (κ3) is 4.94. The van der Waals surface area contributed by atoms with Crippen LogP contribution in [0.2, 0.25) is 0 Å². The molecule has 7 nitrogen and oxygen atoms in total. The van der Waals surface area contributed by atoms with Crippen molar-refractivity contribution < 1.29 is 14.1 Å². The molecule has 2 fully saturated rings. The lowest BCUT2D eigenvalue weighted by atomic mass is 10.0. The fourth-order valence-corrected chi connectivity index (χ4v) is 5.12. The highest BCUT2D eigenvalue weighted by molar-refractivity contribution is 7.92. The number of rotatable bonds is 6. The van der Waals surface area contributed by atoms with Gasteiger partial charge in [0.15, 0.2) is 21.3 Å². The summed E-state index contributed by atoms with van der Waals surface area (Å²) in [6.45, 7) is 4.16. The molecule has 1 aliphatic carbocycles. The molecule has 0 radical (unpaired) electrons. The number of amides is 1. The molecule has 2 unspecified atom stereocenters. The fraction of sp³-hybridized carbons (Fsp3) is 0.524. The second-order valence-electron chi connectivity index (χ2n) is 7.86. The predicted molar refractivity (Wildman–Crippen MR) is 115 cm³/mol. The van der Waals surface area contributed by atoms with Crippen LogP contribution >= 0.6 is 0 Å². The highest BCUT2D eigenvalue weighted by atomic mass is 32.2. The average molecular weight is 418 g/mol. The molecule has 2 atom stereocenters. The molecule has 1 saturated carbocycles. The van der Waals surface area contributed by atoms with Crippen molar-refractivity contribution in [1.82, 2.24) is 10.2 Å². The normalized spacial score (nSPS) is 24.0. The van der Waals surface area contributed by atoms with E-state index in [9.17, 15) is 9.35 Å². The molecule has 0 bridgehead atoms. The Labute approximate surface area is 174 Å². The van der Waals surface area contributed by atoms with Gasteiger partial charge < -0.3 is 20.7 Å². The molecule has 3 aliphatic rings. The third-order valence-corrected chi connectivity index (χ3v) is 7.40. The molecular weight excluding hydrogens is 388 g/mol. The number of hydrogen-bond donors (Lipinski definition) is 3. The van der Waals surface area contributed by atoms with Crippen molar-refractivity contribution in [3.8, 4) is 0 Å². The number of benzene rings is 1. The molecule has 1 amide bonds. The Morgan fingerprint density at radius 3 is 2.90 bits per heavy atom. The number of aliphatic imine (C=N–C) groups is 1. The lowest BCUT2D eigenvalue weighted by Gasteiger charge is -2.31. The summed E-state index contributed by atoms with van der Waals surface area (Å²) in [5, 5.41) is 3.95. The van der Waals surface area contributed by atoms with Crippen LogP contribution in [0.1, 0.15) is 32.6 Å². The zero-order valence-corrected chi connectivity index (χ0v) is 17.6. The minimum atomic E-state index is -0.727. The van der Waals surface area contributed by atoms with E-state index in [1.54, 1.807) is 11.8 Å². The molecule has 0 spiro atoms. The van der Waals surface area contributed by atoms with Crippen LogP contribution in [0.15, 0.2) is 45.4 Å². The van der Waals surface area contributed by atoms with Crippen LogP contribution in [0.5, 0.6) is 0 Å². The van der Waals surface area contributed by atoms with E-state index in [-0.39, 0.29) is 11.9 Å². The van der Waals surface area contributed by atoms with Gasteiger partial charge in [0.2, 0.25) is 5.91 Å². The number of hydrogen-bond acceptors (Lipinski definition) is 5. The van der Waals surface area contributed by atoms with Crippen LogP contribution < -0.4 is 11.1 Å². The maximum Gasteiger partial charge on any atom is 0.219 e. The molecule has 2 heterocycles. The van der Waals surface area contributed by atoms with Crippen LogP contribution in [-0.4, -0.2) is 58.8 Å². The van der Waals surface area contributed by atoms with Crippen molar-refractivity contribution in [2.24, 2.45) is 10.7 Å². The lowest BCUT2D eigenvalue weighted by Crippen LogP contribution is -2.43. The average Bonchev–Trinajstić information content (AvgIpc) is 3.44. The van der Waals surface area contributed by atoms with E-state index in [4.69, 9.17) is 10.5 Å². The highest BCUT2D eigenvalue weighted by Gasteiger charge is 2.42. The van der Waals surface area contributed by atoms with Gasteiger partial charge in [-0.25, -0.2) is 4.99 Å². The number of amidine groups is 1. The number of nitrogens with one attached hydrogen (secondary N) is 1.